The van der Waals surface area contributed by atoms with Gasteiger partial charge in [0.2, 0.25) is 0 Å². The highest BCUT2D eigenvalue weighted by Crippen LogP contribution is 2.21. The quantitative estimate of drug-likeness (QED) is 0.782. The van der Waals surface area contributed by atoms with Gasteiger partial charge < -0.3 is 19.3 Å². The fourth-order valence-corrected chi connectivity index (χ4v) is 4.43. The predicted octanol–water partition coefficient (Wildman–Crippen LogP) is 1.63. The molecular formula is C21H32N4O3. The minimum Gasteiger partial charge on any atom is -0.379 e. The molecule has 0 unspecified atom stereocenters. The molecule has 0 saturated carbocycles. The molecule has 7 nitrogen and oxygen atoms in total. The summed E-state index contributed by atoms with van der Waals surface area (Å²) in [6.07, 6.45) is 5.10. The largest absolute Gasteiger partial charge is 0.379 e. The maximum atomic E-state index is 12.9. The van der Waals surface area contributed by atoms with E-state index in [0.717, 1.165) is 84.2 Å². The first-order valence-corrected chi connectivity index (χ1v) is 10.7. The lowest BCUT2D eigenvalue weighted by molar-refractivity contribution is 0.00158. The predicted molar refractivity (Wildman–Crippen MR) is 108 cm³/mol. The maximum absolute atomic E-state index is 12.9. The zero-order valence-corrected chi connectivity index (χ0v) is 16.9. The Hall–Kier alpha value is -1.70. The summed E-state index contributed by atoms with van der Waals surface area (Å²) in [6, 6.07) is 4.49. The molecule has 1 aromatic heterocycles. The summed E-state index contributed by atoms with van der Waals surface area (Å²) >= 11 is 0. The van der Waals surface area contributed by atoms with Crippen LogP contribution in [0.2, 0.25) is 0 Å². The number of hydrogen-bond acceptors (Lipinski definition) is 6. The molecule has 0 bridgehead atoms. The molecule has 1 atom stereocenters. The normalized spacial score (nSPS) is 25.1. The van der Waals surface area contributed by atoms with Gasteiger partial charge in [0.25, 0.3) is 5.91 Å². The Labute approximate surface area is 167 Å². The lowest BCUT2D eigenvalue weighted by Gasteiger charge is -2.40. The lowest BCUT2D eigenvalue weighted by atomic mass is 10.0. The van der Waals surface area contributed by atoms with Crippen LogP contribution in [0.25, 0.3) is 0 Å². The molecule has 4 rings (SSSR count). The van der Waals surface area contributed by atoms with Crippen molar-refractivity contribution in [3.05, 3.63) is 23.9 Å². The second kappa shape index (κ2) is 9.20. The van der Waals surface area contributed by atoms with Crippen molar-refractivity contribution < 1.29 is 14.3 Å². The van der Waals surface area contributed by atoms with Gasteiger partial charge in [-0.2, -0.15) is 0 Å². The third kappa shape index (κ3) is 4.47. The van der Waals surface area contributed by atoms with E-state index < -0.39 is 0 Å². The fourth-order valence-electron chi connectivity index (χ4n) is 4.43. The zero-order chi connectivity index (χ0) is 19.3. The number of aromatic nitrogens is 1. The summed E-state index contributed by atoms with van der Waals surface area (Å²) in [5, 5.41) is 0. The highest BCUT2D eigenvalue weighted by Gasteiger charge is 2.28. The van der Waals surface area contributed by atoms with Crippen molar-refractivity contribution in [1.82, 2.24) is 14.8 Å². The maximum Gasteiger partial charge on any atom is 0.255 e. The molecular weight excluding hydrogens is 356 g/mol. The minimum absolute atomic E-state index is 0.105. The number of morpholine rings is 2. The van der Waals surface area contributed by atoms with Crippen molar-refractivity contribution in [3.63, 3.8) is 0 Å². The molecule has 3 fully saturated rings. The summed E-state index contributed by atoms with van der Waals surface area (Å²) < 4.78 is 11.2. The fraction of sp³-hybridized carbons (Fsp3) is 0.714. The Morgan fingerprint density at radius 2 is 1.89 bits per heavy atom. The Bertz CT molecular complexity index is 640. The molecule has 0 spiro atoms. The number of piperidine rings is 1. The Balaban J connectivity index is 1.31. The van der Waals surface area contributed by atoms with E-state index in [9.17, 15) is 4.79 Å². The molecule has 3 aliphatic rings. The number of anilines is 1. The number of hydrogen-bond donors (Lipinski definition) is 0. The first-order valence-electron chi connectivity index (χ1n) is 10.7. The molecule has 154 valence electrons. The number of ether oxygens (including phenoxy) is 2. The van der Waals surface area contributed by atoms with Crippen molar-refractivity contribution in [1.29, 1.82) is 0 Å². The van der Waals surface area contributed by atoms with E-state index in [4.69, 9.17) is 9.47 Å². The van der Waals surface area contributed by atoms with E-state index in [1.807, 2.05) is 17.0 Å². The number of amides is 1. The van der Waals surface area contributed by atoms with E-state index in [2.05, 4.69) is 21.7 Å². The molecule has 0 aliphatic carbocycles. The minimum atomic E-state index is 0.105. The van der Waals surface area contributed by atoms with Crippen LogP contribution in [0.3, 0.4) is 0 Å². The van der Waals surface area contributed by atoms with Crippen LogP contribution in [0.15, 0.2) is 18.3 Å². The molecule has 0 aromatic carbocycles. The van der Waals surface area contributed by atoms with Crippen molar-refractivity contribution in [2.75, 3.05) is 64.0 Å². The van der Waals surface area contributed by atoms with Gasteiger partial charge in [0, 0.05) is 51.5 Å². The summed E-state index contributed by atoms with van der Waals surface area (Å²) in [6.45, 7) is 9.95. The van der Waals surface area contributed by atoms with Crippen molar-refractivity contribution in [2.45, 2.75) is 38.3 Å². The van der Waals surface area contributed by atoms with Crippen LogP contribution in [-0.4, -0.2) is 91.9 Å². The van der Waals surface area contributed by atoms with Gasteiger partial charge in [-0.25, -0.2) is 4.98 Å². The summed E-state index contributed by atoms with van der Waals surface area (Å²) in [7, 11) is 0. The van der Waals surface area contributed by atoms with E-state index in [1.165, 1.54) is 0 Å². The standard InChI is InChI=1S/C21H32N4O3/c1-2-19-16-25(11-14-28-19)20-4-3-17(15-22-20)21(26)24-7-5-18(6-8-24)23-9-12-27-13-10-23/h3-4,15,18-19H,2,5-14,16H2,1H3/t19-/m0/s1. The molecule has 3 saturated heterocycles. The number of carbonyl (C=O) groups excluding carboxylic acids is 1. The third-order valence-electron chi connectivity index (χ3n) is 6.23. The first kappa shape index (κ1) is 19.6. The topological polar surface area (TPSA) is 58.1 Å². The highest BCUT2D eigenvalue weighted by atomic mass is 16.5. The Kier molecular flexibility index (Phi) is 6.44. The van der Waals surface area contributed by atoms with Crippen LogP contribution in [0.1, 0.15) is 36.5 Å². The zero-order valence-electron chi connectivity index (χ0n) is 16.9. The average Bonchev–Trinajstić information content (AvgIpc) is 2.79. The van der Waals surface area contributed by atoms with Crippen LogP contribution < -0.4 is 4.90 Å². The SMILES string of the molecule is CC[C@H]1CN(c2ccc(C(=O)N3CCC(N4CCOCC4)CC3)cn2)CCO1. The number of pyridine rings is 1. The summed E-state index contributed by atoms with van der Waals surface area (Å²) in [4.78, 5) is 24.2. The van der Waals surface area contributed by atoms with Crippen LogP contribution >= 0.6 is 0 Å². The van der Waals surface area contributed by atoms with Gasteiger partial charge >= 0.3 is 0 Å². The molecule has 1 aromatic rings. The average molecular weight is 389 g/mol. The molecule has 0 N–H and O–H groups in total. The van der Waals surface area contributed by atoms with Crippen molar-refractivity contribution in [3.8, 4) is 0 Å². The highest BCUT2D eigenvalue weighted by molar-refractivity contribution is 5.94. The third-order valence-corrected chi connectivity index (χ3v) is 6.23. The smallest absolute Gasteiger partial charge is 0.255 e. The van der Waals surface area contributed by atoms with Gasteiger partial charge in [0.05, 0.1) is 31.5 Å². The van der Waals surface area contributed by atoms with Crippen molar-refractivity contribution >= 4 is 11.7 Å². The van der Waals surface area contributed by atoms with Crippen LogP contribution in [0.5, 0.6) is 0 Å². The number of likely N-dealkylation sites (tertiary alicyclic amines) is 1. The Morgan fingerprint density at radius 3 is 2.57 bits per heavy atom. The molecule has 1 amide bonds. The van der Waals surface area contributed by atoms with Crippen LogP contribution in [0.4, 0.5) is 5.82 Å². The number of carbonyl (C=O) groups is 1. The van der Waals surface area contributed by atoms with E-state index in [-0.39, 0.29) is 12.0 Å². The molecule has 0 radical (unpaired) electrons. The van der Waals surface area contributed by atoms with E-state index >= 15 is 0 Å². The second-order valence-electron chi connectivity index (χ2n) is 7.92. The molecule has 7 heteroatoms. The monoisotopic (exact) mass is 388 g/mol. The molecule has 3 aliphatic heterocycles. The van der Waals surface area contributed by atoms with Crippen molar-refractivity contribution in [2.24, 2.45) is 0 Å². The van der Waals surface area contributed by atoms with Crippen LogP contribution in [-0.2, 0) is 9.47 Å². The van der Waals surface area contributed by atoms with Gasteiger partial charge in [-0.15, -0.1) is 0 Å². The number of rotatable bonds is 4. The Morgan fingerprint density at radius 1 is 1.11 bits per heavy atom. The second-order valence-corrected chi connectivity index (χ2v) is 7.92. The molecule has 28 heavy (non-hydrogen) atoms. The number of nitrogens with zero attached hydrogens (tertiary/aromatic N) is 4. The summed E-state index contributed by atoms with van der Waals surface area (Å²) in [5.41, 5.74) is 0.689. The van der Waals surface area contributed by atoms with E-state index in [0.29, 0.717) is 11.6 Å². The van der Waals surface area contributed by atoms with Gasteiger partial charge in [0.15, 0.2) is 0 Å². The van der Waals surface area contributed by atoms with E-state index in [1.54, 1.807) is 6.20 Å². The van der Waals surface area contributed by atoms with Gasteiger partial charge in [-0.1, -0.05) is 6.92 Å². The van der Waals surface area contributed by atoms with Gasteiger partial charge in [-0.3, -0.25) is 9.69 Å². The molecule has 4 heterocycles. The summed E-state index contributed by atoms with van der Waals surface area (Å²) in [5.74, 6) is 1.04. The van der Waals surface area contributed by atoms with Gasteiger partial charge in [0.1, 0.15) is 5.82 Å². The van der Waals surface area contributed by atoms with Gasteiger partial charge in [-0.05, 0) is 31.4 Å². The first-order chi connectivity index (χ1) is 13.7. The van der Waals surface area contributed by atoms with Crippen LogP contribution in [0, 0.1) is 0 Å². The lowest BCUT2D eigenvalue weighted by Crippen LogP contribution is -2.50.